The number of hydrogen-bond acceptors (Lipinski definition) is 3. The maximum Gasteiger partial charge on any atom is 0.573 e. The maximum atomic E-state index is 13.3. The molecule has 0 bridgehead atoms. The van der Waals surface area contributed by atoms with E-state index in [0.717, 1.165) is 35.4 Å². The number of nitrogens with zero attached hydrogens (tertiary/aromatic N) is 2. The smallest absolute Gasteiger partial charge is 0.404 e. The van der Waals surface area contributed by atoms with Gasteiger partial charge in [0, 0.05) is 16.4 Å². The number of allylic oxidation sites excluding steroid dienone is 3. The highest BCUT2D eigenvalue weighted by molar-refractivity contribution is 6.32. The van der Waals surface area contributed by atoms with Gasteiger partial charge in [0.1, 0.15) is 5.75 Å². The molecule has 36 heavy (non-hydrogen) atoms. The number of alkyl halides is 3. The second kappa shape index (κ2) is 11.7. The van der Waals surface area contributed by atoms with Gasteiger partial charge in [-0.3, -0.25) is 4.90 Å². The van der Waals surface area contributed by atoms with E-state index in [-0.39, 0.29) is 23.3 Å². The fourth-order valence-corrected chi connectivity index (χ4v) is 4.16. The summed E-state index contributed by atoms with van der Waals surface area (Å²) in [5.41, 5.74) is 1.69. The van der Waals surface area contributed by atoms with E-state index in [1.54, 1.807) is 24.3 Å². The van der Waals surface area contributed by atoms with Crippen LogP contribution in [-0.4, -0.2) is 35.9 Å². The number of hydrogen-bond donors (Lipinski definition) is 1. The Morgan fingerprint density at radius 1 is 1.11 bits per heavy atom. The third-order valence-electron chi connectivity index (χ3n) is 5.34. The van der Waals surface area contributed by atoms with Gasteiger partial charge in [-0.1, -0.05) is 55.3 Å². The first-order valence-electron chi connectivity index (χ1n) is 11.2. The topological polar surface area (TPSA) is 61.9 Å². The molecule has 1 aliphatic carbocycles. The van der Waals surface area contributed by atoms with E-state index in [1.165, 1.54) is 11.0 Å². The molecule has 1 fully saturated rings. The predicted molar refractivity (Wildman–Crippen MR) is 135 cm³/mol. The summed E-state index contributed by atoms with van der Waals surface area (Å²) in [4.78, 5) is 28.8. The molecule has 1 heterocycles. The van der Waals surface area contributed by atoms with Crippen molar-refractivity contribution >= 4 is 46.6 Å². The number of nitrogens with one attached hydrogen (secondary N) is 1. The molecular weight excluding hydrogens is 518 g/mol. The largest absolute Gasteiger partial charge is 0.573 e. The molecular formula is C25H24Cl2F3N3O3. The molecule has 1 atom stereocenters. The zero-order valence-electron chi connectivity index (χ0n) is 19.5. The molecule has 1 N–H and O–H groups in total. The molecule has 2 aliphatic rings. The average molecular weight is 542 g/mol. The summed E-state index contributed by atoms with van der Waals surface area (Å²) in [6, 6.07) is 8.37. The monoisotopic (exact) mass is 541 g/mol. The molecule has 1 aliphatic heterocycles. The third-order valence-corrected chi connectivity index (χ3v) is 5.88. The van der Waals surface area contributed by atoms with Gasteiger partial charge in [0.15, 0.2) is 0 Å². The quantitative estimate of drug-likeness (QED) is 0.426. The first kappa shape index (κ1) is 27.4. The molecule has 6 nitrogen and oxygen atoms in total. The van der Waals surface area contributed by atoms with Crippen molar-refractivity contribution < 1.29 is 27.5 Å². The molecule has 1 saturated heterocycles. The number of benzene rings is 2. The first-order valence-corrected chi connectivity index (χ1v) is 12.0. The summed E-state index contributed by atoms with van der Waals surface area (Å²) in [6.07, 6.45) is 2.53. The number of halogens is 5. The lowest BCUT2D eigenvalue weighted by atomic mass is 9.97. The Hall–Kier alpha value is -3.17. The zero-order valence-corrected chi connectivity index (χ0v) is 21.0. The van der Waals surface area contributed by atoms with Gasteiger partial charge in [-0.2, -0.15) is 0 Å². The number of ether oxygens (including phenoxy) is 1. The average Bonchev–Trinajstić information content (AvgIpc) is 3.19. The van der Waals surface area contributed by atoms with Gasteiger partial charge in [0.25, 0.3) is 0 Å². The molecule has 1 unspecified atom stereocenters. The van der Waals surface area contributed by atoms with E-state index in [9.17, 15) is 22.8 Å². The Morgan fingerprint density at radius 3 is 2.39 bits per heavy atom. The highest BCUT2D eigenvalue weighted by Gasteiger charge is 2.43. The Balaban J connectivity index is 0.00000176. The van der Waals surface area contributed by atoms with E-state index in [4.69, 9.17) is 23.2 Å². The number of imide groups is 1. The van der Waals surface area contributed by atoms with E-state index in [1.807, 2.05) is 32.1 Å². The van der Waals surface area contributed by atoms with Crippen molar-refractivity contribution in [3.63, 3.8) is 0 Å². The fraction of sp³-hybridized carbons (Fsp3) is 0.280. The van der Waals surface area contributed by atoms with Gasteiger partial charge >= 0.3 is 18.4 Å². The number of carbonyl (C=O) groups excluding carboxylic acids is 2. The van der Waals surface area contributed by atoms with Crippen molar-refractivity contribution in [3.05, 3.63) is 76.3 Å². The molecule has 11 heteroatoms. The van der Waals surface area contributed by atoms with Crippen molar-refractivity contribution in [2.24, 2.45) is 0 Å². The summed E-state index contributed by atoms with van der Waals surface area (Å²) >= 11 is 11.8. The van der Waals surface area contributed by atoms with Crippen LogP contribution < -0.4 is 15.0 Å². The van der Waals surface area contributed by atoms with Crippen LogP contribution in [0.2, 0.25) is 10.0 Å². The lowest BCUT2D eigenvalue weighted by Gasteiger charge is -2.26. The number of anilines is 2. The van der Waals surface area contributed by atoms with Crippen LogP contribution >= 0.6 is 23.2 Å². The summed E-state index contributed by atoms with van der Waals surface area (Å²) in [6.45, 7) is 4.09. The second-order valence-electron chi connectivity index (χ2n) is 7.59. The highest BCUT2D eigenvalue weighted by atomic mass is 35.5. The molecule has 2 aromatic carbocycles. The van der Waals surface area contributed by atoms with Crippen molar-refractivity contribution in [2.45, 2.75) is 39.1 Å². The summed E-state index contributed by atoms with van der Waals surface area (Å²) in [7, 11) is 0. The van der Waals surface area contributed by atoms with Gasteiger partial charge in [-0.15, -0.1) is 13.2 Å². The minimum atomic E-state index is -4.90. The normalized spacial score (nSPS) is 17.4. The molecule has 2 aromatic rings. The van der Waals surface area contributed by atoms with Gasteiger partial charge in [-0.05, 0) is 60.9 Å². The Morgan fingerprint density at radius 2 is 1.81 bits per heavy atom. The van der Waals surface area contributed by atoms with Crippen molar-refractivity contribution in [3.8, 4) is 5.75 Å². The van der Waals surface area contributed by atoms with Crippen LogP contribution in [-0.2, 0) is 0 Å². The van der Waals surface area contributed by atoms with Gasteiger partial charge < -0.3 is 10.1 Å². The minimum Gasteiger partial charge on any atom is -0.404 e. The fourth-order valence-electron chi connectivity index (χ4n) is 3.82. The van der Waals surface area contributed by atoms with Crippen LogP contribution in [0.25, 0.3) is 0 Å². The van der Waals surface area contributed by atoms with Crippen molar-refractivity contribution in [2.75, 3.05) is 16.8 Å². The molecule has 0 radical (unpaired) electrons. The number of carbonyl (C=O) groups is 2. The zero-order chi connectivity index (χ0) is 26.5. The maximum absolute atomic E-state index is 13.3. The first-order chi connectivity index (χ1) is 17.1. The van der Waals surface area contributed by atoms with E-state index >= 15 is 0 Å². The van der Waals surface area contributed by atoms with Crippen LogP contribution in [0.5, 0.6) is 5.75 Å². The Labute approximate surface area is 216 Å². The molecule has 0 spiro atoms. The van der Waals surface area contributed by atoms with Crippen LogP contribution in [0.3, 0.4) is 0 Å². The van der Waals surface area contributed by atoms with Gasteiger partial charge in [0.2, 0.25) is 0 Å². The SMILES string of the molecule is CC.O=C(Nc1ccc(OC(F)(F)F)c(Cl)c1)N1CC(C2=CC=CCC2)N(c2ccc(Cl)cc2)C1=O. The number of amides is 4. The van der Waals surface area contributed by atoms with E-state index < -0.39 is 24.2 Å². The van der Waals surface area contributed by atoms with Crippen molar-refractivity contribution in [1.29, 1.82) is 0 Å². The summed E-state index contributed by atoms with van der Waals surface area (Å²) in [5.74, 6) is -0.601. The Bertz CT molecular complexity index is 1170. The van der Waals surface area contributed by atoms with Crippen LogP contribution in [0.1, 0.15) is 26.7 Å². The van der Waals surface area contributed by atoms with E-state index in [2.05, 4.69) is 10.1 Å². The van der Waals surface area contributed by atoms with Gasteiger partial charge in [-0.25, -0.2) is 14.5 Å². The standard InChI is InChI=1S/C23H18Cl2F3N3O3.C2H6/c24-15-6-9-17(10-7-15)31-19(14-4-2-1-3-5-14)13-30(22(31)33)21(32)29-16-8-11-20(18(25)12-16)34-23(26,27)28;1-2/h1-2,4,6-12,19H,3,5,13H2,(H,29,32);1-2H3. The molecule has 0 aromatic heterocycles. The highest BCUT2D eigenvalue weighted by Crippen LogP contribution is 2.34. The summed E-state index contributed by atoms with van der Waals surface area (Å²) < 4.78 is 41.2. The molecule has 192 valence electrons. The lowest BCUT2D eigenvalue weighted by Crippen LogP contribution is -2.39. The van der Waals surface area contributed by atoms with Crippen LogP contribution in [0, 0.1) is 0 Å². The lowest BCUT2D eigenvalue weighted by molar-refractivity contribution is -0.274. The summed E-state index contributed by atoms with van der Waals surface area (Å²) in [5, 5.41) is 2.68. The minimum absolute atomic E-state index is 0.0932. The number of urea groups is 2. The Kier molecular flexibility index (Phi) is 8.92. The molecule has 0 saturated carbocycles. The van der Waals surface area contributed by atoms with Crippen molar-refractivity contribution in [1.82, 2.24) is 4.90 Å². The van der Waals surface area contributed by atoms with Crippen LogP contribution in [0.15, 0.2) is 66.3 Å². The molecule has 4 amide bonds. The third kappa shape index (κ3) is 6.53. The predicted octanol–water partition coefficient (Wildman–Crippen LogP) is 8.04. The van der Waals surface area contributed by atoms with E-state index in [0.29, 0.717) is 10.7 Å². The molecule has 4 rings (SSSR count). The van der Waals surface area contributed by atoms with Gasteiger partial charge in [0.05, 0.1) is 17.6 Å². The second-order valence-corrected chi connectivity index (χ2v) is 8.43. The number of rotatable bonds is 4. The van der Waals surface area contributed by atoms with Crippen LogP contribution in [0.4, 0.5) is 34.1 Å².